The number of carbonyl (C=O) groups is 1. The first kappa shape index (κ1) is 18.8. The topological polar surface area (TPSA) is 66.0 Å². The number of rotatable bonds is 6. The van der Waals surface area contributed by atoms with Gasteiger partial charge in [-0.05, 0) is 51.0 Å². The number of carbonyl (C=O) groups excluding carboxylic acids is 1. The van der Waals surface area contributed by atoms with Gasteiger partial charge in [-0.1, -0.05) is 30.7 Å². The smallest absolute Gasteiger partial charge is 0.240 e. The molecule has 1 amide bonds. The molecule has 6 nitrogen and oxygen atoms in total. The van der Waals surface area contributed by atoms with Gasteiger partial charge in [0.15, 0.2) is 10.6 Å². The van der Waals surface area contributed by atoms with Gasteiger partial charge in [-0.15, -0.1) is 0 Å². The van der Waals surface area contributed by atoms with Gasteiger partial charge in [0.2, 0.25) is 5.91 Å². The van der Waals surface area contributed by atoms with Crippen molar-refractivity contribution in [2.45, 2.75) is 45.7 Å². The Kier molecular flexibility index (Phi) is 6.21. The highest BCUT2D eigenvalue weighted by molar-refractivity contribution is 7.71. The molecule has 2 N–H and O–H groups in total. The molecule has 0 radical (unpaired) electrons. The maximum absolute atomic E-state index is 12.6. The minimum atomic E-state index is -0.00894. The number of hydrogen-bond donors (Lipinski definition) is 2. The Bertz CT molecular complexity index is 804. The van der Waals surface area contributed by atoms with E-state index in [-0.39, 0.29) is 18.5 Å². The Balaban J connectivity index is 1.64. The van der Waals surface area contributed by atoms with Gasteiger partial charge in [-0.25, -0.2) is 0 Å². The molecule has 3 rings (SSSR count). The molecular weight excluding hydrogens is 346 g/mol. The maximum atomic E-state index is 12.6. The molecule has 0 atom stereocenters. The van der Waals surface area contributed by atoms with E-state index in [2.05, 4.69) is 27.3 Å². The number of amides is 1. The molecule has 0 unspecified atom stereocenters. The van der Waals surface area contributed by atoms with Crippen LogP contribution >= 0.6 is 12.2 Å². The van der Waals surface area contributed by atoms with E-state index in [9.17, 15) is 4.79 Å². The zero-order valence-electron chi connectivity index (χ0n) is 15.5. The van der Waals surface area contributed by atoms with Crippen LogP contribution in [0.1, 0.15) is 31.7 Å². The fraction of sp³-hybridized carbons (Fsp3) is 0.526. The number of aromatic amines is 1. The van der Waals surface area contributed by atoms with Crippen LogP contribution in [-0.4, -0.2) is 51.2 Å². The lowest BCUT2D eigenvalue weighted by atomic mass is 10.0. The third-order valence-corrected chi connectivity index (χ3v) is 5.14. The molecule has 1 saturated heterocycles. The molecule has 1 aliphatic rings. The Labute approximate surface area is 159 Å². The highest BCUT2D eigenvalue weighted by Gasteiger charge is 2.21. The Morgan fingerprint density at radius 3 is 2.85 bits per heavy atom. The van der Waals surface area contributed by atoms with Crippen molar-refractivity contribution in [2.24, 2.45) is 0 Å². The summed E-state index contributed by atoms with van der Waals surface area (Å²) in [6.45, 7) is 7.68. The van der Waals surface area contributed by atoms with Crippen molar-refractivity contribution in [3.05, 3.63) is 34.6 Å². The van der Waals surface area contributed by atoms with Crippen molar-refractivity contribution in [2.75, 3.05) is 19.6 Å². The fourth-order valence-electron chi connectivity index (χ4n) is 3.50. The van der Waals surface area contributed by atoms with Crippen molar-refractivity contribution in [1.29, 1.82) is 0 Å². The van der Waals surface area contributed by atoms with Crippen molar-refractivity contribution in [3.8, 4) is 11.4 Å². The molecule has 7 heteroatoms. The van der Waals surface area contributed by atoms with E-state index >= 15 is 0 Å². The van der Waals surface area contributed by atoms with Crippen LogP contribution in [0.3, 0.4) is 0 Å². The summed E-state index contributed by atoms with van der Waals surface area (Å²) in [7, 11) is 0. The maximum Gasteiger partial charge on any atom is 0.240 e. The predicted octanol–water partition coefficient (Wildman–Crippen LogP) is 2.91. The van der Waals surface area contributed by atoms with Crippen molar-refractivity contribution < 1.29 is 4.79 Å². The molecule has 1 aromatic carbocycles. The van der Waals surface area contributed by atoms with E-state index in [4.69, 9.17) is 12.2 Å². The fourth-order valence-corrected chi connectivity index (χ4v) is 3.70. The average molecular weight is 374 g/mol. The van der Waals surface area contributed by atoms with Crippen molar-refractivity contribution in [3.63, 3.8) is 0 Å². The number of benzene rings is 1. The molecule has 1 aromatic heterocycles. The number of likely N-dealkylation sites (tertiary alicyclic amines) is 1. The Morgan fingerprint density at radius 2 is 2.15 bits per heavy atom. The minimum Gasteiger partial charge on any atom is -0.352 e. The number of aromatic nitrogens is 3. The number of nitrogens with zero attached hydrogens (tertiary/aromatic N) is 3. The van der Waals surface area contributed by atoms with Gasteiger partial charge in [-0.2, -0.15) is 5.10 Å². The van der Waals surface area contributed by atoms with E-state index in [0.29, 0.717) is 10.6 Å². The summed E-state index contributed by atoms with van der Waals surface area (Å²) < 4.78 is 2.24. The molecule has 0 spiro atoms. The first-order chi connectivity index (χ1) is 12.6. The molecule has 1 fully saturated rings. The van der Waals surface area contributed by atoms with Crippen molar-refractivity contribution >= 4 is 18.1 Å². The van der Waals surface area contributed by atoms with E-state index in [0.717, 1.165) is 43.6 Å². The molecule has 0 saturated carbocycles. The van der Waals surface area contributed by atoms with Gasteiger partial charge in [0, 0.05) is 24.7 Å². The monoisotopic (exact) mass is 373 g/mol. The summed E-state index contributed by atoms with van der Waals surface area (Å²) >= 11 is 5.33. The summed E-state index contributed by atoms with van der Waals surface area (Å²) in [5, 5.41) is 10.3. The van der Waals surface area contributed by atoms with Crippen molar-refractivity contribution in [1.82, 2.24) is 25.0 Å². The summed E-state index contributed by atoms with van der Waals surface area (Å²) in [6.07, 6.45) is 3.19. The molecule has 0 aliphatic carbocycles. The summed E-state index contributed by atoms with van der Waals surface area (Å²) in [4.78, 5) is 15.0. The zero-order chi connectivity index (χ0) is 18.5. The van der Waals surface area contributed by atoms with Crippen LogP contribution in [-0.2, 0) is 11.3 Å². The summed E-state index contributed by atoms with van der Waals surface area (Å²) in [5.41, 5.74) is 2.10. The molecule has 2 aromatic rings. The quantitative estimate of drug-likeness (QED) is 0.764. The lowest BCUT2D eigenvalue weighted by Gasteiger charge is -2.32. The normalized spacial score (nSPS) is 15.9. The molecule has 1 aliphatic heterocycles. The highest BCUT2D eigenvalue weighted by atomic mass is 32.1. The van der Waals surface area contributed by atoms with E-state index in [1.165, 1.54) is 6.42 Å². The zero-order valence-corrected chi connectivity index (χ0v) is 16.3. The minimum absolute atomic E-state index is 0.00894. The average Bonchev–Trinajstić information content (AvgIpc) is 2.97. The second-order valence-electron chi connectivity index (χ2n) is 6.99. The van der Waals surface area contributed by atoms with E-state index in [1.807, 2.05) is 31.2 Å². The van der Waals surface area contributed by atoms with Crippen LogP contribution in [0.15, 0.2) is 24.3 Å². The van der Waals surface area contributed by atoms with Gasteiger partial charge in [0.25, 0.3) is 0 Å². The van der Waals surface area contributed by atoms with E-state index in [1.54, 1.807) is 4.57 Å². The van der Waals surface area contributed by atoms with Gasteiger partial charge >= 0.3 is 0 Å². The van der Waals surface area contributed by atoms with Crippen LogP contribution in [0.5, 0.6) is 0 Å². The van der Waals surface area contributed by atoms with Crippen LogP contribution in [0, 0.1) is 11.7 Å². The van der Waals surface area contributed by atoms with Crippen LogP contribution in [0.2, 0.25) is 0 Å². The third kappa shape index (κ3) is 4.59. The first-order valence-electron chi connectivity index (χ1n) is 9.30. The Morgan fingerprint density at radius 1 is 1.38 bits per heavy atom. The third-order valence-electron chi connectivity index (χ3n) is 4.83. The number of hydrogen-bond acceptors (Lipinski definition) is 4. The number of H-pyrrole nitrogens is 1. The standard InChI is InChI=1S/C19H27N5OS/c1-3-9-23-10-7-16(8-11-23)20-17(25)13-24-18(21-22-19(24)26)15-6-4-5-14(2)12-15/h4-6,12,16H,3,7-11,13H2,1-2H3,(H,20,25)(H,22,26). The summed E-state index contributed by atoms with van der Waals surface area (Å²) in [5.74, 6) is 0.692. The first-order valence-corrected chi connectivity index (χ1v) is 9.71. The number of aryl methyl sites for hydroxylation is 1. The lowest BCUT2D eigenvalue weighted by Crippen LogP contribution is -2.45. The molecule has 0 bridgehead atoms. The molecule has 2 heterocycles. The second kappa shape index (κ2) is 8.60. The SMILES string of the molecule is CCCN1CCC(NC(=O)Cn2c(-c3cccc(C)c3)n[nH]c2=S)CC1. The van der Waals surface area contributed by atoms with Crippen LogP contribution in [0.25, 0.3) is 11.4 Å². The van der Waals surface area contributed by atoms with Gasteiger partial charge < -0.3 is 10.2 Å². The van der Waals surface area contributed by atoms with E-state index < -0.39 is 0 Å². The number of nitrogens with one attached hydrogen (secondary N) is 2. The molecule has 140 valence electrons. The predicted molar refractivity (Wildman–Crippen MR) is 105 cm³/mol. The van der Waals surface area contributed by atoms with Gasteiger partial charge in [-0.3, -0.25) is 14.5 Å². The van der Waals surface area contributed by atoms with Gasteiger partial charge in [0.1, 0.15) is 6.54 Å². The van der Waals surface area contributed by atoms with Gasteiger partial charge in [0.05, 0.1) is 0 Å². The lowest BCUT2D eigenvalue weighted by molar-refractivity contribution is -0.122. The second-order valence-corrected chi connectivity index (χ2v) is 7.38. The summed E-state index contributed by atoms with van der Waals surface area (Å²) in [6, 6.07) is 8.29. The molecular formula is C19H27N5OS. The number of piperidine rings is 1. The highest BCUT2D eigenvalue weighted by Crippen LogP contribution is 2.18. The van der Waals surface area contributed by atoms with Crippen LogP contribution < -0.4 is 5.32 Å². The van der Waals surface area contributed by atoms with Crippen LogP contribution in [0.4, 0.5) is 0 Å². The largest absolute Gasteiger partial charge is 0.352 e. The Hall–Kier alpha value is -1.99. The molecule has 26 heavy (non-hydrogen) atoms.